The van der Waals surface area contributed by atoms with Crippen LogP contribution in [0.15, 0.2) is 0 Å². The van der Waals surface area contributed by atoms with Crippen LogP contribution in [0.5, 0.6) is 0 Å². The van der Waals surface area contributed by atoms with Crippen LogP contribution in [0.2, 0.25) is 0 Å². The van der Waals surface area contributed by atoms with Crippen molar-refractivity contribution in [2.75, 3.05) is 7.05 Å². The van der Waals surface area contributed by atoms with Crippen molar-refractivity contribution < 1.29 is 32.7 Å². The topological polar surface area (TPSA) is 86.7 Å². The van der Waals surface area contributed by atoms with Gasteiger partial charge in [0.15, 0.2) is 0 Å². The predicted molar refractivity (Wildman–Crippen MR) is 65.2 cm³/mol. The number of carbonyl (C=O) groups is 3. The predicted octanol–water partition coefficient (Wildman–Crippen LogP) is 0.765. The molecule has 9 heteroatoms. The van der Waals surface area contributed by atoms with E-state index in [0.29, 0.717) is 0 Å². The highest BCUT2D eigenvalue weighted by molar-refractivity contribution is 5.91. The molecule has 2 atom stereocenters. The van der Waals surface area contributed by atoms with Gasteiger partial charge in [0.25, 0.3) is 0 Å². The van der Waals surface area contributed by atoms with Crippen LogP contribution in [0.4, 0.5) is 13.2 Å². The van der Waals surface area contributed by atoms with E-state index in [0.717, 1.165) is 24.7 Å². The number of hydrogen-bond acceptors (Lipinski definition) is 3. The normalized spacial score (nSPS) is 17.8. The molecule has 0 aromatic carbocycles. The van der Waals surface area contributed by atoms with E-state index in [1.54, 1.807) is 0 Å². The summed E-state index contributed by atoms with van der Waals surface area (Å²) in [5.74, 6) is -4.10. The smallest absolute Gasteiger partial charge is 0.471 e. The van der Waals surface area contributed by atoms with Crippen LogP contribution in [0.3, 0.4) is 0 Å². The van der Waals surface area contributed by atoms with Crippen LogP contribution >= 0.6 is 0 Å². The zero-order valence-electron chi connectivity index (χ0n) is 11.6. The van der Waals surface area contributed by atoms with Crippen molar-refractivity contribution >= 4 is 17.8 Å². The Bertz CT molecular complexity index is 435. The standard InChI is InChI=1S/C12H17F3N2O4/c1-6(16-11(21)12(13,14)15)9(18)17(2)8(10(19)20)5-7-3-4-7/h6-8H,3-5H2,1-2H3,(H,16,21)(H,19,20). The Balaban J connectivity index is 2.66. The lowest BCUT2D eigenvalue weighted by atomic mass is 10.1. The summed E-state index contributed by atoms with van der Waals surface area (Å²) in [5, 5.41) is 10.6. The number of alkyl halides is 3. The fourth-order valence-electron chi connectivity index (χ4n) is 1.89. The van der Waals surface area contributed by atoms with Crippen LogP contribution in [0.1, 0.15) is 26.2 Å². The maximum atomic E-state index is 12.1. The van der Waals surface area contributed by atoms with E-state index in [1.807, 2.05) is 0 Å². The zero-order valence-corrected chi connectivity index (χ0v) is 11.6. The van der Waals surface area contributed by atoms with Crippen LogP contribution in [0.25, 0.3) is 0 Å². The molecule has 6 nitrogen and oxygen atoms in total. The maximum Gasteiger partial charge on any atom is 0.471 e. The largest absolute Gasteiger partial charge is 0.480 e. The molecule has 0 aromatic rings. The van der Waals surface area contributed by atoms with Crippen molar-refractivity contribution in [3.05, 3.63) is 0 Å². The molecule has 0 aromatic heterocycles. The van der Waals surface area contributed by atoms with Gasteiger partial charge in [-0.15, -0.1) is 0 Å². The first-order chi connectivity index (χ1) is 9.54. The third-order valence-electron chi connectivity index (χ3n) is 3.33. The Morgan fingerprint density at radius 2 is 1.86 bits per heavy atom. The SMILES string of the molecule is CC(NC(=O)C(F)(F)F)C(=O)N(C)C(CC1CC1)C(=O)O. The first-order valence-corrected chi connectivity index (χ1v) is 6.41. The van der Waals surface area contributed by atoms with Gasteiger partial charge in [0.05, 0.1) is 0 Å². The molecule has 0 heterocycles. The van der Waals surface area contributed by atoms with Gasteiger partial charge < -0.3 is 15.3 Å². The molecular weight excluding hydrogens is 293 g/mol. The first-order valence-electron chi connectivity index (χ1n) is 6.41. The lowest BCUT2D eigenvalue weighted by Gasteiger charge is -2.28. The molecule has 21 heavy (non-hydrogen) atoms. The molecule has 0 saturated heterocycles. The Morgan fingerprint density at radius 1 is 1.33 bits per heavy atom. The molecule has 2 unspecified atom stereocenters. The zero-order chi connectivity index (χ0) is 16.4. The van der Waals surface area contributed by atoms with Crippen molar-refractivity contribution in [1.82, 2.24) is 10.2 Å². The molecule has 0 aliphatic heterocycles. The Kier molecular flexibility index (Phi) is 5.19. The minimum Gasteiger partial charge on any atom is -0.480 e. The average Bonchev–Trinajstić information content (AvgIpc) is 3.16. The third kappa shape index (κ3) is 4.91. The molecular formula is C12H17F3N2O4. The molecule has 1 saturated carbocycles. The molecule has 1 fully saturated rings. The molecule has 0 spiro atoms. The van der Waals surface area contributed by atoms with Crippen LogP contribution < -0.4 is 5.32 Å². The summed E-state index contributed by atoms with van der Waals surface area (Å²) in [4.78, 5) is 34.7. The van der Waals surface area contributed by atoms with E-state index in [1.165, 1.54) is 12.4 Å². The third-order valence-corrected chi connectivity index (χ3v) is 3.33. The van der Waals surface area contributed by atoms with Crippen LogP contribution in [-0.2, 0) is 14.4 Å². The van der Waals surface area contributed by atoms with E-state index in [9.17, 15) is 27.6 Å². The van der Waals surface area contributed by atoms with E-state index in [2.05, 4.69) is 0 Å². The van der Waals surface area contributed by atoms with Gasteiger partial charge >= 0.3 is 18.1 Å². The summed E-state index contributed by atoms with van der Waals surface area (Å²) < 4.78 is 36.3. The van der Waals surface area contributed by atoms with E-state index < -0.39 is 36.0 Å². The van der Waals surface area contributed by atoms with Crippen LogP contribution in [0, 0.1) is 5.92 Å². The fraction of sp³-hybridized carbons (Fsp3) is 0.750. The summed E-state index contributed by atoms with van der Waals surface area (Å²) in [7, 11) is 1.21. The molecule has 1 aliphatic carbocycles. The second-order valence-electron chi connectivity index (χ2n) is 5.18. The van der Waals surface area contributed by atoms with Crippen molar-refractivity contribution in [1.29, 1.82) is 0 Å². The Labute approximate surface area is 119 Å². The summed E-state index contributed by atoms with van der Waals surface area (Å²) in [6.45, 7) is 1.08. The average molecular weight is 310 g/mol. The molecule has 1 aliphatic rings. The second kappa shape index (κ2) is 6.31. The molecule has 120 valence electrons. The summed E-state index contributed by atoms with van der Waals surface area (Å²) >= 11 is 0. The van der Waals surface area contributed by atoms with Gasteiger partial charge in [0.2, 0.25) is 5.91 Å². The van der Waals surface area contributed by atoms with E-state index >= 15 is 0 Å². The fourth-order valence-corrected chi connectivity index (χ4v) is 1.89. The minimum absolute atomic E-state index is 0.224. The molecule has 0 bridgehead atoms. The van der Waals surface area contributed by atoms with Crippen molar-refractivity contribution in [2.45, 2.75) is 44.4 Å². The number of aliphatic carboxylic acids is 1. The van der Waals surface area contributed by atoms with Gasteiger partial charge in [-0.25, -0.2) is 4.79 Å². The highest BCUT2D eigenvalue weighted by atomic mass is 19.4. The number of rotatable bonds is 6. The van der Waals surface area contributed by atoms with E-state index in [-0.39, 0.29) is 12.3 Å². The monoisotopic (exact) mass is 310 g/mol. The Hall–Kier alpha value is -1.80. The number of halogens is 3. The van der Waals surface area contributed by atoms with Gasteiger partial charge in [0, 0.05) is 7.05 Å². The summed E-state index contributed by atoms with van der Waals surface area (Å²) in [6.07, 6.45) is -3.07. The van der Waals surface area contributed by atoms with Gasteiger partial charge in [0.1, 0.15) is 12.1 Å². The highest BCUT2D eigenvalue weighted by Crippen LogP contribution is 2.34. The first kappa shape index (κ1) is 17.3. The number of carbonyl (C=O) groups excluding carboxylic acids is 2. The lowest BCUT2D eigenvalue weighted by molar-refractivity contribution is -0.175. The number of carboxylic acid groups (broad SMARTS) is 1. The molecule has 1 rings (SSSR count). The number of likely N-dealkylation sites (N-methyl/N-ethyl adjacent to an activating group) is 1. The maximum absolute atomic E-state index is 12.1. The lowest BCUT2D eigenvalue weighted by Crippen LogP contribution is -2.53. The number of nitrogens with zero attached hydrogens (tertiary/aromatic N) is 1. The number of amides is 2. The molecule has 2 N–H and O–H groups in total. The summed E-state index contributed by atoms with van der Waals surface area (Å²) in [5.41, 5.74) is 0. The molecule has 0 radical (unpaired) electrons. The number of carboxylic acids is 1. The van der Waals surface area contributed by atoms with Gasteiger partial charge in [-0.3, -0.25) is 9.59 Å². The highest BCUT2D eigenvalue weighted by Gasteiger charge is 2.41. The Morgan fingerprint density at radius 3 is 2.24 bits per heavy atom. The van der Waals surface area contributed by atoms with Crippen molar-refractivity contribution in [3.63, 3.8) is 0 Å². The molecule has 2 amide bonds. The van der Waals surface area contributed by atoms with Crippen molar-refractivity contribution in [3.8, 4) is 0 Å². The number of hydrogen-bond donors (Lipinski definition) is 2. The van der Waals surface area contributed by atoms with E-state index in [4.69, 9.17) is 5.11 Å². The minimum atomic E-state index is -5.09. The summed E-state index contributed by atoms with van der Waals surface area (Å²) in [6, 6.07) is -2.56. The number of nitrogens with one attached hydrogen (secondary N) is 1. The van der Waals surface area contributed by atoms with Crippen molar-refractivity contribution in [2.24, 2.45) is 5.92 Å². The van der Waals surface area contributed by atoms with Gasteiger partial charge in [-0.2, -0.15) is 13.2 Å². The second-order valence-corrected chi connectivity index (χ2v) is 5.18. The van der Waals surface area contributed by atoms with Gasteiger partial charge in [-0.1, -0.05) is 12.8 Å². The quantitative estimate of drug-likeness (QED) is 0.758. The van der Waals surface area contributed by atoms with Crippen LogP contribution in [-0.4, -0.2) is 53.1 Å². The van der Waals surface area contributed by atoms with Gasteiger partial charge in [-0.05, 0) is 19.3 Å².